The van der Waals surface area contributed by atoms with E-state index in [-0.39, 0.29) is 22.8 Å². The van der Waals surface area contributed by atoms with Crippen molar-refractivity contribution in [3.8, 4) is 11.8 Å². The molecular formula is C24H20ClF3N2O2. The molecule has 0 bridgehead atoms. The monoisotopic (exact) mass is 460 g/mol. The molecule has 0 saturated carbocycles. The Morgan fingerprint density at radius 2 is 1.50 bits per heavy atom. The van der Waals surface area contributed by atoms with Crippen LogP contribution in [0.3, 0.4) is 0 Å². The molecule has 2 amide bonds. The number of likely N-dealkylation sites (tertiary alicyclic amines) is 2. The van der Waals surface area contributed by atoms with E-state index in [1.165, 1.54) is 12.1 Å². The number of benzene rings is 2. The van der Waals surface area contributed by atoms with Crippen molar-refractivity contribution in [2.24, 2.45) is 5.41 Å². The van der Waals surface area contributed by atoms with Gasteiger partial charge in [0.05, 0.1) is 5.56 Å². The zero-order valence-electron chi connectivity index (χ0n) is 17.1. The van der Waals surface area contributed by atoms with Crippen molar-refractivity contribution in [2.75, 3.05) is 26.2 Å². The van der Waals surface area contributed by atoms with Gasteiger partial charge in [0.25, 0.3) is 11.8 Å². The van der Waals surface area contributed by atoms with Gasteiger partial charge >= 0.3 is 6.18 Å². The van der Waals surface area contributed by atoms with E-state index in [4.69, 9.17) is 11.6 Å². The molecule has 0 aliphatic carbocycles. The van der Waals surface area contributed by atoms with Gasteiger partial charge in [-0.25, -0.2) is 0 Å². The minimum absolute atomic E-state index is 0.0193. The van der Waals surface area contributed by atoms with Gasteiger partial charge in [-0.1, -0.05) is 17.5 Å². The van der Waals surface area contributed by atoms with Gasteiger partial charge in [0.2, 0.25) is 0 Å². The molecule has 2 fully saturated rings. The minimum Gasteiger partial charge on any atom is -0.339 e. The zero-order valence-corrected chi connectivity index (χ0v) is 17.8. The Labute approximate surface area is 188 Å². The second kappa shape index (κ2) is 8.51. The average molecular weight is 461 g/mol. The second-order valence-electron chi connectivity index (χ2n) is 8.29. The summed E-state index contributed by atoms with van der Waals surface area (Å²) in [6, 6.07) is 11.2. The molecule has 2 aliphatic rings. The Bertz CT molecular complexity index is 1070. The third-order valence-electron chi connectivity index (χ3n) is 6.07. The van der Waals surface area contributed by atoms with Crippen molar-refractivity contribution in [2.45, 2.75) is 19.0 Å². The molecule has 0 radical (unpaired) electrons. The van der Waals surface area contributed by atoms with Crippen molar-refractivity contribution in [3.05, 3.63) is 70.2 Å². The van der Waals surface area contributed by atoms with E-state index in [2.05, 4.69) is 11.8 Å². The topological polar surface area (TPSA) is 40.6 Å². The summed E-state index contributed by atoms with van der Waals surface area (Å²) in [5, 5.41) is 0.606. The highest BCUT2D eigenvalue weighted by atomic mass is 35.5. The molecule has 4 rings (SSSR count). The number of nitrogens with zero attached hydrogens (tertiary/aromatic N) is 2. The number of hydrogen-bond acceptors (Lipinski definition) is 2. The minimum atomic E-state index is -4.42. The Morgan fingerprint density at radius 3 is 2.06 bits per heavy atom. The average Bonchev–Trinajstić information content (AvgIpc) is 2.76. The molecule has 2 aromatic rings. The van der Waals surface area contributed by atoms with Crippen LogP contribution in [0.25, 0.3) is 0 Å². The standard InChI is InChI=1S/C24H20ClF3N2O2/c25-20-8-1-17(2-9-20)3-10-21(31)30-15-23(16-30)11-13-29(14-12-23)22(32)18-4-6-19(7-5-18)24(26,27)28/h1-2,4-9H,11-16H2. The zero-order chi connectivity index (χ0) is 22.9. The van der Waals surface area contributed by atoms with Gasteiger partial charge in [-0.05, 0) is 61.4 Å². The molecule has 0 N–H and O–H groups in total. The molecule has 1 spiro atoms. The first-order valence-electron chi connectivity index (χ1n) is 10.2. The molecular weight excluding hydrogens is 441 g/mol. The van der Waals surface area contributed by atoms with Gasteiger partial charge < -0.3 is 9.80 Å². The van der Waals surface area contributed by atoms with Crippen LogP contribution in [0.15, 0.2) is 48.5 Å². The number of alkyl halides is 3. The van der Waals surface area contributed by atoms with E-state index >= 15 is 0 Å². The summed E-state index contributed by atoms with van der Waals surface area (Å²) < 4.78 is 38.1. The SMILES string of the molecule is O=C(C#Cc1ccc(Cl)cc1)N1CC2(CCN(C(=O)c3ccc(C(F)(F)F)cc3)CC2)C1. The third-order valence-corrected chi connectivity index (χ3v) is 6.32. The fourth-order valence-corrected chi connectivity index (χ4v) is 4.26. The van der Waals surface area contributed by atoms with Gasteiger partial charge in [0, 0.05) is 53.7 Å². The Balaban J connectivity index is 1.28. The second-order valence-corrected chi connectivity index (χ2v) is 8.72. The number of carbonyl (C=O) groups is 2. The van der Waals surface area contributed by atoms with Crippen molar-refractivity contribution in [1.29, 1.82) is 0 Å². The fourth-order valence-electron chi connectivity index (χ4n) is 4.13. The van der Waals surface area contributed by atoms with Crippen LogP contribution in [0.1, 0.15) is 34.3 Å². The number of carbonyl (C=O) groups excluding carboxylic acids is 2. The van der Waals surface area contributed by atoms with E-state index in [9.17, 15) is 22.8 Å². The summed E-state index contributed by atoms with van der Waals surface area (Å²) in [5.74, 6) is 5.00. The van der Waals surface area contributed by atoms with E-state index < -0.39 is 11.7 Å². The molecule has 32 heavy (non-hydrogen) atoms. The van der Waals surface area contributed by atoms with Crippen LogP contribution in [0.4, 0.5) is 13.2 Å². The van der Waals surface area contributed by atoms with Crippen molar-refractivity contribution < 1.29 is 22.8 Å². The van der Waals surface area contributed by atoms with Crippen LogP contribution in [-0.4, -0.2) is 47.8 Å². The normalized spacial score (nSPS) is 17.4. The highest BCUT2D eigenvalue weighted by molar-refractivity contribution is 6.30. The first-order valence-corrected chi connectivity index (χ1v) is 10.6. The van der Waals surface area contributed by atoms with Crippen LogP contribution in [0, 0.1) is 17.3 Å². The van der Waals surface area contributed by atoms with Crippen LogP contribution in [0.5, 0.6) is 0 Å². The lowest BCUT2D eigenvalue weighted by atomic mass is 9.72. The molecule has 166 valence electrons. The Kier molecular flexibility index (Phi) is 5.91. The summed E-state index contributed by atoms with van der Waals surface area (Å²) in [6.45, 7) is 2.23. The summed E-state index contributed by atoms with van der Waals surface area (Å²) >= 11 is 5.84. The van der Waals surface area contributed by atoms with Crippen LogP contribution < -0.4 is 0 Å². The summed E-state index contributed by atoms with van der Waals surface area (Å²) in [6.07, 6.45) is -2.94. The number of hydrogen-bond donors (Lipinski definition) is 0. The molecule has 2 heterocycles. The van der Waals surface area contributed by atoms with Gasteiger partial charge in [-0.2, -0.15) is 13.2 Å². The number of halogens is 4. The van der Waals surface area contributed by atoms with E-state index in [1.807, 2.05) is 0 Å². The maximum atomic E-state index is 12.7. The van der Waals surface area contributed by atoms with Crippen LogP contribution in [-0.2, 0) is 11.0 Å². The van der Waals surface area contributed by atoms with Gasteiger partial charge in [0.1, 0.15) is 0 Å². The fraction of sp³-hybridized carbons (Fsp3) is 0.333. The molecule has 4 nitrogen and oxygen atoms in total. The Morgan fingerprint density at radius 1 is 0.906 bits per heavy atom. The molecule has 2 aromatic carbocycles. The summed E-state index contributed by atoms with van der Waals surface area (Å²) in [7, 11) is 0. The molecule has 0 atom stereocenters. The van der Waals surface area contributed by atoms with Crippen LogP contribution >= 0.6 is 11.6 Å². The summed E-state index contributed by atoms with van der Waals surface area (Å²) in [5.41, 5.74) is 0.170. The lowest BCUT2D eigenvalue weighted by Gasteiger charge is -2.53. The maximum Gasteiger partial charge on any atom is 0.416 e. The van der Waals surface area contributed by atoms with Gasteiger partial charge in [0.15, 0.2) is 0 Å². The first-order chi connectivity index (χ1) is 15.2. The maximum absolute atomic E-state index is 12.7. The third kappa shape index (κ3) is 4.76. The quantitative estimate of drug-likeness (QED) is 0.589. The predicted molar refractivity (Wildman–Crippen MR) is 114 cm³/mol. The number of rotatable bonds is 1. The molecule has 8 heteroatoms. The van der Waals surface area contributed by atoms with Gasteiger partial charge in [-0.15, -0.1) is 0 Å². The van der Waals surface area contributed by atoms with E-state index in [0.717, 1.165) is 25.0 Å². The van der Waals surface area contributed by atoms with E-state index in [1.54, 1.807) is 34.1 Å². The molecule has 2 aliphatic heterocycles. The van der Waals surface area contributed by atoms with E-state index in [0.29, 0.717) is 36.8 Å². The summed E-state index contributed by atoms with van der Waals surface area (Å²) in [4.78, 5) is 28.3. The highest BCUT2D eigenvalue weighted by Gasteiger charge is 2.47. The van der Waals surface area contributed by atoms with Gasteiger partial charge in [-0.3, -0.25) is 9.59 Å². The van der Waals surface area contributed by atoms with Crippen molar-refractivity contribution in [1.82, 2.24) is 9.80 Å². The number of amides is 2. The van der Waals surface area contributed by atoms with Crippen molar-refractivity contribution in [3.63, 3.8) is 0 Å². The largest absolute Gasteiger partial charge is 0.416 e. The predicted octanol–water partition coefficient (Wildman–Crippen LogP) is 4.48. The smallest absolute Gasteiger partial charge is 0.339 e. The van der Waals surface area contributed by atoms with Crippen LogP contribution in [0.2, 0.25) is 5.02 Å². The lowest BCUT2D eigenvalue weighted by Crippen LogP contribution is -2.62. The lowest BCUT2D eigenvalue weighted by molar-refractivity contribution is -0.140. The van der Waals surface area contributed by atoms with Crippen molar-refractivity contribution >= 4 is 23.4 Å². The number of piperidine rings is 1. The first kappa shape index (κ1) is 22.2. The highest BCUT2D eigenvalue weighted by Crippen LogP contribution is 2.40. The molecule has 0 unspecified atom stereocenters. The Hall–Kier alpha value is -2.98. The molecule has 0 aromatic heterocycles. The molecule has 2 saturated heterocycles.